The van der Waals surface area contributed by atoms with Gasteiger partial charge in [0, 0.05) is 12.0 Å². The summed E-state index contributed by atoms with van der Waals surface area (Å²) < 4.78 is 5.52. The summed E-state index contributed by atoms with van der Waals surface area (Å²) in [4.78, 5) is 25.4. The molecule has 4 aliphatic rings. The normalized spacial score (nSPS) is 50.2. The van der Waals surface area contributed by atoms with Crippen LogP contribution >= 0.6 is 0 Å². The van der Waals surface area contributed by atoms with Gasteiger partial charge in [-0.3, -0.25) is 9.59 Å². The maximum atomic E-state index is 12.9. The number of amides is 1. The highest BCUT2D eigenvalue weighted by Gasteiger charge is 2.66. The zero-order valence-electron chi connectivity index (χ0n) is 17.0. The van der Waals surface area contributed by atoms with Crippen LogP contribution in [0.4, 0.5) is 0 Å². The molecule has 3 aliphatic carbocycles. The lowest BCUT2D eigenvalue weighted by Gasteiger charge is -2.67. The van der Waals surface area contributed by atoms with Crippen molar-refractivity contribution in [2.45, 2.75) is 91.0 Å². The Bertz CT molecular complexity index is 633. The molecule has 0 radical (unpaired) electrons. The Morgan fingerprint density at radius 2 is 1.85 bits per heavy atom. The molecule has 0 aromatic rings. The van der Waals surface area contributed by atoms with E-state index in [1.807, 2.05) is 6.92 Å². The van der Waals surface area contributed by atoms with Crippen molar-refractivity contribution in [1.29, 1.82) is 0 Å². The molecule has 1 N–H and O–H groups in total. The van der Waals surface area contributed by atoms with Gasteiger partial charge in [-0.15, -0.1) is 0 Å². The first-order valence-corrected chi connectivity index (χ1v) is 10.7. The van der Waals surface area contributed by atoms with Crippen molar-refractivity contribution in [1.82, 2.24) is 5.32 Å². The van der Waals surface area contributed by atoms with Crippen LogP contribution in [0.1, 0.15) is 85.5 Å². The van der Waals surface area contributed by atoms with Crippen LogP contribution in [0.5, 0.6) is 0 Å². The Morgan fingerprint density at radius 1 is 1.12 bits per heavy atom. The van der Waals surface area contributed by atoms with E-state index < -0.39 is 0 Å². The first-order chi connectivity index (χ1) is 12.2. The minimum Gasteiger partial charge on any atom is -0.466 e. The third-order valence-corrected chi connectivity index (χ3v) is 8.87. The Morgan fingerprint density at radius 3 is 2.58 bits per heavy atom. The van der Waals surface area contributed by atoms with Crippen molar-refractivity contribution >= 4 is 11.9 Å². The molecular weight excluding hydrogens is 326 g/mol. The van der Waals surface area contributed by atoms with E-state index in [1.54, 1.807) is 0 Å². The second-order valence-electron chi connectivity index (χ2n) is 10.5. The van der Waals surface area contributed by atoms with Crippen molar-refractivity contribution in [2.75, 3.05) is 6.61 Å². The topological polar surface area (TPSA) is 55.4 Å². The monoisotopic (exact) mass is 361 g/mol. The SMILES string of the molecule is CCOC(=O)[C@]1(C)CCC[C@@]2(C)[C@@H]3CC[C@@]4(C)C[C@]3(CC[C@@H]21)CC(=O)N4. The molecule has 26 heavy (non-hydrogen) atoms. The summed E-state index contributed by atoms with van der Waals surface area (Å²) in [5.41, 5.74) is -0.0824. The van der Waals surface area contributed by atoms with Crippen molar-refractivity contribution in [2.24, 2.45) is 28.1 Å². The molecule has 1 amide bonds. The van der Waals surface area contributed by atoms with Crippen LogP contribution in [0.2, 0.25) is 0 Å². The Hall–Kier alpha value is -1.06. The van der Waals surface area contributed by atoms with Crippen LogP contribution < -0.4 is 5.32 Å². The summed E-state index contributed by atoms with van der Waals surface area (Å²) in [7, 11) is 0. The molecular formula is C22H35NO3. The van der Waals surface area contributed by atoms with Crippen LogP contribution in [-0.2, 0) is 14.3 Å². The molecule has 4 heteroatoms. The van der Waals surface area contributed by atoms with Gasteiger partial charge in [-0.05, 0) is 88.4 Å². The average Bonchev–Trinajstić information content (AvgIpc) is 2.52. The van der Waals surface area contributed by atoms with Crippen LogP contribution in [0.15, 0.2) is 0 Å². The van der Waals surface area contributed by atoms with E-state index >= 15 is 0 Å². The van der Waals surface area contributed by atoms with E-state index in [0.717, 1.165) is 38.5 Å². The molecule has 146 valence electrons. The van der Waals surface area contributed by atoms with Gasteiger partial charge in [-0.2, -0.15) is 0 Å². The van der Waals surface area contributed by atoms with Crippen molar-refractivity contribution < 1.29 is 14.3 Å². The summed E-state index contributed by atoms with van der Waals surface area (Å²) >= 11 is 0. The fourth-order valence-electron chi connectivity index (χ4n) is 8.08. The Labute approximate surface area is 157 Å². The standard InChI is InChI=1S/C22H35NO3/c1-5-26-18(25)21(4)10-6-9-20(3)15(21)8-12-22-13-17(24)23-19(2,14-22)11-7-16(20)22/h15-16H,5-14H2,1-4H3,(H,23,24)/t15-,16-,19-,20+,21+,22-/m0/s1. The van der Waals surface area contributed by atoms with Crippen LogP contribution in [0, 0.1) is 28.1 Å². The predicted octanol–water partition coefficient (Wildman–Crippen LogP) is 4.22. The van der Waals surface area contributed by atoms with Gasteiger partial charge in [0.05, 0.1) is 12.0 Å². The van der Waals surface area contributed by atoms with Gasteiger partial charge >= 0.3 is 5.97 Å². The summed E-state index contributed by atoms with van der Waals surface area (Å²) in [5, 5.41) is 3.27. The Balaban J connectivity index is 1.71. The number of esters is 1. The third-order valence-electron chi connectivity index (χ3n) is 8.87. The van der Waals surface area contributed by atoms with E-state index in [-0.39, 0.29) is 33.7 Å². The summed E-state index contributed by atoms with van der Waals surface area (Å²) in [6.07, 6.45) is 9.45. The lowest BCUT2D eigenvalue weighted by Crippen LogP contribution is -2.67. The summed E-state index contributed by atoms with van der Waals surface area (Å²) in [6, 6.07) is 0. The van der Waals surface area contributed by atoms with E-state index in [0.29, 0.717) is 24.9 Å². The second kappa shape index (κ2) is 5.72. The lowest BCUT2D eigenvalue weighted by molar-refractivity contribution is -0.198. The number of ether oxygens (including phenoxy) is 1. The maximum Gasteiger partial charge on any atom is 0.312 e. The van der Waals surface area contributed by atoms with Gasteiger partial charge in [0.2, 0.25) is 5.91 Å². The van der Waals surface area contributed by atoms with Crippen LogP contribution in [-0.4, -0.2) is 24.0 Å². The van der Waals surface area contributed by atoms with E-state index in [2.05, 4.69) is 26.1 Å². The molecule has 6 atom stereocenters. The largest absolute Gasteiger partial charge is 0.466 e. The van der Waals surface area contributed by atoms with Gasteiger partial charge in [0.15, 0.2) is 0 Å². The number of piperidine rings is 1. The van der Waals surface area contributed by atoms with Crippen molar-refractivity contribution in [3.63, 3.8) is 0 Å². The fraction of sp³-hybridized carbons (Fsp3) is 0.909. The molecule has 0 aromatic heterocycles. The average molecular weight is 362 g/mol. The predicted molar refractivity (Wildman–Crippen MR) is 100 cm³/mol. The molecule has 4 fully saturated rings. The highest BCUT2D eigenvalue weighted by molar-refractivity contribution is 5.79. The third kappa shape index (κ3) is 2.39. The van der Waals surface area contributed by atoms with Crippen LogP contribution in [0.25, 0.3) is 0 Å². The van der Waals surface area contributed by atoms with E-state index in [9.17, 15) is 9.59 Å². The fourth-order valence-corrected chi connectivity index (χ4v) is 8.08. The molecule has 0 unspecified atom stereocenters. The van der Waals surface area contributed by atoms with Gasteiger partial charge in [-0.1, -0.05) is 13.3 Å². The number of carbonyl (C=O) groups excluding carboxylic acids is 2. The Kier molecular flexibility index (Phi) is 4.03. The molecule has 1 spiro atoms. The molecule has 4 rings (SSSR count). The van der Waals surface area contributed by atoms with Gasteiger partial charge in [-0.25, -0.2) is 0 Å². The number of nitrogens with one attached hydrogen (secondary N) is 1. The molecule has 1 aliphatic heterocycles. The number of rotatable bonds is 2. The van der Waals surface area contributed by atoms with E-state index in [4.69, 9.17) is 4.74 Å². The smallest absolute Gasteiger partial charge is 0.312 e. The minimum absolute atomic E-state index is 0.00825. The molecule has 4 nitrogen and oxygen atoms in total. The van der Waals surface area contributed by atoms with Gasteiger partial charge < -0.3 is 10.1 Å². The second-order valence-corrected chi connectivity index (χ2v) is 10.5. The lowest BCUT2D eigenvalue weighted by atomic mass is 9.38. The molecule has 1 heterocycles. The molecule has 3 saturated carbocycles. The zero-order chi connectivity index (χ0) is 18.8. The number of carbonyl (C=O) groups is 2. The first-order valence-electron chi connectivity index (χ1n) is 10.7. The number of hydrogen-bond donors (Lipinski definition) is 1. The van der Waals surface area contributed by atoms with Crippen LogP contribution in [0.3, 0.4) is 0 Å². The minimum atomic E-state index is -0.359. The van der Waals surface area contributed by atoms with Crippen molar-refractivity contribution in [3.05, 3.63) is 0 Å². The molecule has 2 bridgehead atoms. The maximum absolute atomic E-state index is 12.9. The van der Waals surface area contributed by atoms with Gasteiger partial charge in [0.25, 0.3) is 0 Å². The van der Waals surface area contributed by atoms with E-state index in [1.165, 1.54) is 12.8 Å². The number of hydrogen-bond acceptors (Lipinski definition) is 3. The molecule has 0 aromatic carbocycles. The highest BCUT2D eigenvalue weighted by Crippen LogP contribution is 2.70. The van der Waals surface area contributed by atoms with Gasteiger partial charge in [0.1, 0.15) is 0 Å². The number of fused-ring (bicyclic) bond motifs is 3. The van der Waals surface area contributed by atoms with Crippen molar-refractivity contribution in [3.8, 4) is 0 Å². The zero-order valence-corrected chi connectivity index (χ0v) is 17.0. The first kappa shape index (κ1) is 18.3. The highest BCUT2D eigenvalue weighted by atomic mass is 16.5. The summed E-state index contributed by atoms with van der Waals surface area (Å²) in [5.74, 6) is 1.19. The summed E-state index contributed by atoms with van der Waals surface area (Å²) in [6.45, 7) is 9.20. The quantitative estimate of drug-likeness (QED) is 0.749. The molecule has 1 saturated heterocycles.